The van der Waals surface area contributed by atoms with E-state index in [1.807, 2.05) is 0 Å². The van der Waals surface area contributed by atoms with E-state index in [4.69, 9.17) is 16.3 Å². The van der Waals surface area contributed by atoms with Crippen LogP contribution in [-0.4, -0.2) is 46.0 Å². The van der Waals surface area contributed by atoms with Gasteiger partial charge in [-0.1, -0.05) is 32.5 Å². The van der Waals surface area contributed by atoms with Gasteiger partial charge in [0.15, 0.2) is 5.16 Å². The van der Waals surface area contributed by atoms with Crippen molar-refractivity contribution in [1.29, 1.82) is 0 Å². The number of anilines is 1. The van der Waals surface area contributed by atoms with Gasteiger partial charge in [-0.05, 0) is 11.6 Å². The van der Waals surface area contributed by atoms with E-state index >= 15 is 0 Å². The van der Waals surface area contributed by atoms with E-state index in [2.05, 4.69) is 40.6 Å². The van der Waals surface area contributed by atoms with Crippen molar-refractivity contribution < 1.29 is 4.74 Å². The maximum Gasteiger partial charge on any atom is 0.230 e. The molecule has 0 atom stereocenters. The van der Waals surface area contributed by atoms with Crippen molar-refractivity contribution in [3.05, 3.63) is 5.28 Å². The molecule has 1 fully saturated rings. The summed E-state index contributed by atoms with van der Waals surface area (Å²) < 4.78 is 5.36. The molecule has 2 rings (SSSR count). The van der Waals surface area contributed by atoms with Gasteiger partial charge in [0.2, 0.25) is 11.2 Å². The molecule has 0 N–H and O–H groups in total. The highest BCUT2D eigenvalue weighted by Gasteiger charge is 2.19. The first-order valence-corrected chi connectivity index (χ1v) is 7.07. The highest BCUT2D eigenvalue weighted by molar-refractivity contribution is 8.00. The van der Waals surface area contributed by atoms with Gasteiger partial charge in [-0.2, -0.15) is 15.0 Å². The van der Waals surface area contributed by atoms with Crippen molar-refractivity contribution in [3.63, 3.8) is 0 Å². The molecule has 1 aliphatic rings. The summed E-state index contributed by atoms with van der Waals surface area (Å²) in [4.78, 5) is 14.9. The van der Waals surface area contributed by atoms with E-state index in [0.717, 1.165) is 13.1 Å². The molecule has 5 nitrogen and oxygen atoms in total. The van der Waals surface area contributed by atoms with Crippen LogP contribution in [0.4, 0.5) is 5.95 Å². The maximum absolute atomic E-state index is 5.96. The zero-order valence-electron chi connectivity index (χ0n) is 10.8. The number of aromatic nitrogens is 3. The summed E-state index contributed by atoms with van der Waals surface area (Å²) in [6.07, 6.45) is 0. The van der Waals surface area contributed by atoms with Gasteiger partial charge in [-0.15, -0.1) is 0 Å². The van der Waals surface area contributed by atoms with Gasteiger partial charge >= 0.3 is 0 Å². The molecule has 0 aliphatic carbocycles. The molecule has 7 heteroatoms. The fraction of sp³-hybridized carbons (Fsp3) is 0.727. The highest BCUT2D eigenvalue weighted by Crippen LogP contribution is 2.30. The number of halogens is 1. The monoisotopic (exact) mass is 288 g/mol. The molecular weight excluding hydrogens is 272 g/mol. The minimum atomic E-state index is 0.0486. The molecular formula is C11H17ClN4OS. The maximum atomic E-state index is 5.96. The van der Waals surface area contributed by atoms with Crippen molar-refractivity contribution in [2.45, 2.75) is 30.7 Å². The molecule has 18 heavy (non-hydrogen) atoms. The fourth-order valence-corrected chi connectivity index (χ4v) is 2.56. The molecule has 1 aromatic rings. The topological polar surface area (TPSA) is 51.1 Å². The predicted octanol–water partition coefficient (Wildman–Crippen LogP) is 2.25. The van der Waals surface area contributed by atoms with Crippen LogP contribution in [0.15, 0.2) is 5.16 Å². The number of morpholine rings is 1. The standard InChI is InChI=1S/C11H17ClN4OS/c1-11(2,3)18-10-14-8(12)13-9(15-10)16-4-6-17-7-5-16/h4-7H2,1-3H3. The first kappa shape index (κ1) is 13.8. The molecule has 0 saturated carbocycles. The molecule has 0 aromatic carbocycles. The van der Waals surface area contributed by atoms with E-state index in [9.17, 15) is 0 Å². The Balaban J connectivity index is 2.20. The van der Waals surface area contributed by atoms with Crippen LogP contribution in [0, 0.1) is 0 Å². The third kappa shape index (κ3) is 3.96. The van der Waals surface area contributed by atoms with Crippen LogP contribution in [0.5, 0.6) is 0 Å². The molecule has 0 unspecified atom stereocenters. The smallest absolute Gasteiger partial charge is 0.230 e. The Kier molecular flexibility index (Phi) is 4.29. The van der Waals surface area contributed by atoms with Crippen LogP contribution in [0.3, 0.4) is 0 Å². The second-order valence-electron chi connectivity index (χ2n) is 5.00. The minimum absolute atomic E-state index is 0.0486. The van der Waals surface area contributed by atoms with Gasteiger partial charge in [0.05, 0.1) is 13.2 Å². The van der Waals surface area contributed by atoms with Gasteiger partial charge in [-0.25, -0.2) is 0 Å². The van der Waals surface area contributed by atoms with Crippen molar-refractivity contribution in [2.75, 3.05) is 31.2 Å². The van der Waals surface area contributed by atoms with Crippen LogP contribution in [0.2, 0.25) is 5.28 Å². The first-order valence-electron chi connectivity index (χ1n) is 5.87. The Labute approximate surface area is 116 Å². The zero-order chi connectivity index (χ0) is 13.2. The van der Waals surface area contributed by atoms with Gasteiger partial charge in [0, 0.05) is 17.8 Å². The average Bonchev–Trinajstić information content (AvgIpc) is 2.27. The number of rotatable bonds is 2. The van der Waals surface area contributed by atoms with E-state index in [0.29, 0.717) is 24.3 Å². The van der Waals surface area contributed by atoms with E-state index in [1.165, 1.54) is 0 Å². The summed E-state index contributed by atoms with van der Waals surface area (Å²) in [7, 11) is 0. The molecule has 0 spiro atoms. The number of thioether (sulfide) groups is 1. The fourth-order valence-electron chi connectivity index (χ4n) is 1.55. The lowest BCUT2D eigenvalue weighted by molar-refractivity contribution is 0.122. The number of hydrogen-bond acceptors (Lipinski definition) is 6. The molecule has 0 bridgehead atoms. The molecule has 1 saturated heterocycles. The summed E-state index contributed by atoms with van der Waals surface area (Å²) in [6, 6.07) is 0. The largest absolute Gasteiger partial charge is 0.378 e. The lowest BCUT2D eigenvalue weighted by atomic mass is 10.3. The van der Waals surface area contributed by atoms with Gasteiger partial charge in [0.25, 0.3) is 0 Å². The molecule has 1 aromatic heterocycles. The van der Waals surface area contributed by atoms with Crippen LogP contribution < -0.4 is 4.90 Å². The number of hydrogen-bond donors (Lipinski definition) is 0. The van der Waals surface area contributed by atoms with Crippen molar-refractivity contribution in [1.82, 2.24) is 15.0 Å². The zero-order valence-corrected chi connectivity index (χ0v) is 12.4. The van der Waals surface area contributed by atoms with E-state index in [-0.39, 0.29) is 10.0 Å². The van der Waals surface area contributed by atoms with E-state index in [1.54, 1.807) is 11.8 Å². The minimum Gasteiger partial charge on any atom is -0.378 e. The van der Waals surface area contributed by atoms with Crippen molar-refractivity contribution >= 4 is 29.3 Å². The van der Waals surface area contributed by atoms with Gasteiger partial charge in [-0.3, -0.25) is 0 Å². The second kappa shape index (κ2) is 5.59. The summed E-state index contributed by atoms with van der Waals surface area (Å²) in [5.41, 5.74) is 0. The lowest BCUT2D eigenvalue weighted by Crippen LogP contribution is -2.37. The highest BCUT2D eigenvalue weighted by atomic mass is 35.5. The van der Waals surface area contributed by atoms with Crippen LogP contribution in [0.25, 0.3) is 0 Å². The third-order valence-corrected chi connectivity index (χ3v) is 3.41. The van der Waals surface area contributed by atoms with Gasteiger partial charge in [0.1, 0.15) is 0 Å². The SMILES string of the molecule is CC(C)(C)Sc1nc(Cl)nc(N2CCOCC2)n1. The summed E-state index contributed by atoms with van der Waals surface area (Å²) >= 11 is 7.55. The summed E-state index contributed by atoms with van der Waals surface area (Å²) in [6.45, 7) is 9.33. The predicted molar refractivity (Wildman–Crippen MR) is 73.5 cm³/mol. The second-order valence-corrected chi connectivity index (χ2v) is 7.13. The van der Waals surface area contributed by atoms with Crippen molar-refractivity contribution in [2.24, 2.45) is 0 Å². The molecule has 0 radical (unpaired) electrons. The molecule has 0 amide bonds. The molecule has 1 aliphatic heterocycles. The Morgan fingerprint density at radius 1 is 1.17 bits per heavy atom. The molecule has 2 heterocycles. The number of ether oxygens (including phenoxy) is 1. The van der Waals surface area contributed by atoms with Crippen LogP contribution >= 0.6 is 23.4 Å². The first-order chi connectivity index (χ1) is 8.44. The van der Waals surface area contributed by atoms with Gasteiger partial charge < -0.3 is 9.64 Å². The summed E-state index contributed by atoms with van der Waals surface area (Å²) in [5, 5.41) is 0.919. The third-order valence-electron chi connectivity index (χ3n) is 2.27. The molecule has 100 valence electrons. The lowest BCUT2D eigenvalue weighted by Gasteiger charge is -2.27. The Hall–Kier alpha value is -0.590. The number of nitrogens with zero attached hydrogens (tertiary/aromatic N) is 4. The Bertz CT molecular complexity index is 418. The Morgan fingerprint density at radius 2 is 1.83 bits per heavy atom. The average molecular weight is 289 g/mol. The van der Waals surface area contributed by atoms with E-state index < -0.39 is 0 Å². The van der Waals surface area contributed by atoms with Crippen molar-refractivity contribution in [3.8, 4) is 0 Å². The quantitative estimate of drug-likeness (QED) is 0.778. The normalized spacial score (nSPS) is 17.0. The Morgan fingerprint density at radius 3 is 2.44 bits per heavy atom. The van der Waals surface area contributed by atoms with Crippen LogP contribution in [0.1, 0.15) is 20.8 Å². The van der Waals surface area contributed by atoms with Crippen LogP contribution in [-0.2, 0) is 4.74 Å². The summed E-state index contributed by atoms with van der Waals surface area (Å²) in [5.74, 6) is 0.644.